The molecular formula is C37H59NO6. The lowest BCUT2D eigenvalue weighted by Gasteiger charge is -2.60. The van der Waals surface area contributed by atoms with E-state index in [1.54, 1.807) is 0 Å². The number of aliphatic carboxylic acids is 1. The Kier molecular flexibility index (Phi) is 8.01. The Morgan fingerprint density at radius 2 is 1.66 bits per heavy atom. The van der Waals surface area contributed by atoms with Crippen LogP contribution in [0.2, 0.25) is 0 Å². The van der Waals surface area contributed by atoms with Gasteiger partial charge in [-0.3, -0.25) is 9.59 Å². The van der Waals surface area contributed by atoms with Crippen LogP contribution in [0.15, 0.2) is 0 Å². The highest BCUT2D eigenvalue weighted by Gasteiger charge is 2.80. The lowest BCUT2D eigenvalue weighted by Crippen LogP contribution is -2.56. The Balaban J connectivity index is 0.00000153. The van der Waals surface area contributed by atoms with E-state index >= 15 is 0 Å². The van der Waals surface area contributed by atoms with Crippen molar-refractivity contribution in [2.45, 2.75) is 149 Å². The van der Waals surface area contributed by atoms with Crippen molar-refractivity contribution in [2.75, 3.05) is 19.7 Å². The van der Waals surface area contributed by atoms with Crippen LogP contribution < -0.4 is 0 Å². The highest BCUT2D eigenvalue weighted by atomic mass is 16.7. The smallest absolute Gasteiger partial charge is 0.305 e. The average molecular weight is 614 g/mol. The summed E-state index contributed by atoms with van der Waals surface area (Å²) in [5.41, 5.74) is 1.39. The molecule has 6 saturated carbocycles. The van der Waals surface area contributed by atoms with Crippen LogP contribution in [-0.2, 0) is 23.8 Å². The van der Waals surface area contributed by atoms with E-state index in [4.69, 9.17) is 14.2 Å². The van der Waals surface area contributed by atoms with Crippen molar-refractivity contribution >= 4 is 11.9 Å². The van der Waals surface area contributed by atoms with Gasteiger partial charge in [-0.25, -0.2) is 0 Å². The third-order valence-electron chi connectivity index (χ3n) is 14.9. The average Bonchev–Trinajstić information content (AvgIpc) is 3.91. The zero-order valence-electron chi connectivity index (χ0n) is 28.2. The first kappa shape index (κ1) is 31.4. The van der Waals surface area contributed by atoms with Crippen molar-refractivity contribution in [3.63, 3.8) is 0 Å². The van der Waals surface area contributed by atoms with Gasteiger partial charge in [0.25, 0.3) is 0 Å². The Morgan fingerprint density at radius 1 is 0.886 bits per heavy atom. The van der Waals surface area contributed by atoms with Crippen LogP contribution in [0.25, 0.3) is 0 Å². The topological polar surface area (TPSA) is 85.3 Å². The summed E-state index contributed by atoms with van der Waals surface area (Å²) in [5.74, 6) is 2.96. The molecule has 0 radical (unpaired) electrons. The number of fused-ring (bicyclic) bond motifs is 4. The number of carboxylic acids is 1. The fourth-order valence-corrected chi connectivity index (χ4v) is 12.7. The largest absolute Gasteiger partial charge is 0.481 e. The number of carbonyl (C=O) groups excluding carboxylic acids is 1. The molecule has 2 heterocycles. The summed E-state index contributed by atoms with van der Waals surface area (Å²) in [7, 11) is 0. The molecular weight excluding hydrogens is 554 g/mol. The first-order chi connectivity index (χ1) is 21.1. The molecule has 0 aromatic carbocycles. The monoisotopic (exact) mass is 613 g/mol. The lowest BCUT2D eigenvalue weighted by molar-refractivity contribution is -0.244. The first-order valence-electron chi connectivity index (χ1n) is 18.5. The molecule has 2 aliphatic heterocycles. The molecule has 8 fully saturated rings. The molecule has 8 aliphatic rings. The molecule has 1 amide bonds. The zero-order chi connectivity index (χ0) is 31.1. The van der Waals surface area contributed by atoms with Gasteiger partial charge in [-0.05, 0) is 128 Å². The number of ether oxygens (including phenoxy) is 3. The highest BCUT2D eigenvalue weighted by molar-refractivity contribution is 5.76. The highest BCUT2D eigenvalue weighted by Crippen LogP contribution is 2.87. The minimum absolute atomic E-state index is 0.0912. The standard InChI is InChI=1S/C35H53NO6.C2H6/c1-32(2)27-9-8-23-25-18-26-24(7-6-22(41-26)17-30(38)39)33(25,3)12-13-34(23)20-35(27,34)11-10-28(32)42-31-19-36(14-15-40-31)29(37)16-21-4-5-21;1-2/h21-28,31H,4-20H2,1-3H3,(H,38,39);1-2H3/t22?,23?,24?,25?,26?,27?,28-,31?,33?,34-,35?;/m0./s1. The van der Waals surface area contributed by atoms with Crippen molar-refractivity contribution in [3.05, 3.63) is 0 Å². The lowest BCUT2D eigenvalue weighted by atomic mass is 9.46. The van der Waals surface area contributed by atoms with Gasteiger partial charge in [-0.15, -0.1) is 0 Å². The van der Waals surface area contributed by atoms with Crippen molar-refractivity contribution in [1.29, 1.82) is 0 Å². The number of hydrogen-bond acceptors (Lipinski definition) is 5. The van der Waals surface area contributed by atoms with Crippen molar-refractivity contribution in [2.24, 2.45) is 51.2 Å². The fourth-order valence-electron chi connectivity index (χ4n) is 12.7. The molecule has 0 aromatic rings. The molecule has 9 unspecified atom stereocenters. The second-order valence-corrected chi connectivity index (χ2v) is 16.9. The second-order valence-electron chi connectivity index (χ2n) is 16.9. The maximum absolute atomic E-state index is 12.8. The van der Waals surface area contributed by atoms with E-state index in [1.165, 1.54) is 51.4 Å². The van der Waals surface area contributed by atoms with E-state index in [-0.39, 0.29) is 42.3 Å². The summed E-state index contributed by atoms with van der Waals surface area (Å²) in [6.07, 6.45) is 15.6. The number of carbonyl (C=O) groups is 2. The van der Waals surface area contributed by atoms with Crippen LogP contribution in [0, 0.1) is 51.2 Å². The summed E-state index contributed by atoms with van der Waals surface area (Å²) < 4.78 is 19.5. The minimum Gasteiger partial charge on any atom is -0.481 e. The van der Waals surface area contributed by atoms with Crippen LogP contribution in [0.4, 0.5) is 0 Å². The molecule has 11 atom stereocenters. The molecule has 7 nitrogen and oxygen atoms in total. The number of rotatable bonds is 6. The predicted molar refractivity (Wildman–Crippen MR) is 168 cm³/mol. The van der Waals surface area contributed by atoms with Gasteiger partial charge in [0, 0.05) is 13.0 Å². The van der Waals surface area contributed by atoms with Crippen LogP contribution >= 0.6 is 0 Å². The molecule has 8 rings (SSSR count). The van der Waals surface area contributed by atoms with Crippen molar-refractivity contribution in [3.8, 4) is 0 Å². The van der Waals surface area contributed by atoms with Crippen LogP contribution in [0.5, 0.6) is 0 Å². The van der Waals surface area contributed by atoms with Crippen LogP contribution in [-0.4, -0.2) is 66.2 Å². The summed E-state index contributed by atoms with van der Waals surface area (Å²) in [4.78, 5) is 26.2. The predicted octanol–water partition coefficient (Wildman–Crippen LogP) is 7.06. The van der Waals surface area contributed by atoms with Gasteiger partial charge >= 0.3 is 5.97 Å². The summed E-state index contributed by atoms with van der Waals surface area (Å²) in [6, 6.07) is 0. The molecule has 0 aromatic heterocycles. The van der Waals surface area contributed by atoms with E-state index in [0.717, 1.165) is 37.5 Å². The van der Waals surface area contributed by atoms with Gasteiger partial charge in [0.05, 0.1) is 37.9 Å². The normalized spacial score (nSPS) is 48.3. The van der Waals surface area contributed by atoms with E-state index in [1.807, 2.05) is 18.7 Å². The van der Waals surface area contributed by atoms with Gasteiger partial charge < -0.3 is 24.2 Å². The van der Waals surface area contributed by atoms with Gasteiger partial charge in [-0.1, -0.05) is 34.6 Å². The third kappa shape index (κ3) is 4.83. The Morgan fingerprint density at radius 3 is 2.41 bits per heavy atom. The fraction of sp³-hybridized carbons (Fsp3) is 0.946. The van der Waals surface area contributed by atoms with Gasteiger partial charge in [0.1, 0.15) is 0 Å². The van der Waals surface area contributed by atoms with Crippen molar-refractivity contribution in [1.82, 2.24) is 4.90 Å². The quantitative estimate of drug-likeness (QED) is 0.345. The maximum Gasteiger partial charge on any atom is 0.305 e. The first-order valence-corrected chi connectivity index (χ1v) is 18.5. The minimum atomic E-state index is -0.728. The second kappa shape index (κ2) is 11.2. The third-order valence-corrected chi connectivity index (χ3v) is 14.9. The van der Waals surface area contributed by atoms with Crippen molar-refractivity contribution < 1.29 is 28.9 Å². The molecule has 0 bridgehead atoms. The number of hydrogen-bond donors (Lipinski definition) is 1. The number of nitrogens with zero attached hydrogens (tertiary/aromatic N) is 1. The zero-order valence-corrected chi connectivity index (χ0v) is 28.2. The number of morpholine rings is 1. The van der Waals surface area contributed by atoms with E-state index < -0.39 is 5.97 Å². The molecule has 6 aliphatic carbocycles. The maximum atomic E-state index is 12.8. The Hall–Kier alpha value is -1.18. The number of amides is 1. The summed E-state index contributed by atoms with van der Waals surface area (Å²) in [5, 5.41) is 9.37. The van der Waals surface area contributed by atoms with Crippen LogP contribution in [0.3, 0.4) is 0 Å². The number of carboxylic acid groups (broad SMARTS) is 1. The summed E-state index contributed by atoms with van der Waals surface area (Å²) >= 11 is 0. The Labute approximate surface area is 265 Å². The van der Waals surface area contributed by atoms with Gasteiger partial charge in [-0.2, -0.15) is 0 Å². The van der Waals surface area contributed by atoms with Crippen LogP contribution in [0.1, 0.15) is 125 Å². The molecule has 1 N–H and O–H groups in total. The molecule has 44 heavy (non-hydrogen) atoms. The van der Waals surface area contributed by atoms with Gasteiger partial charge in [0.15, 0.2) is 6.29 Å². The SMILES string of the molecule is CC.CC12CC[C@@]34CC35CC[C@H](OC3CN(C(=O)CC6CC6)CCO3)C(C)(C)C5CCC4C1CC1OC(CC(=O)O)CCC12. The summed E-state index contributed by atoms with van der Waals surface area (Å²) in [6.45, 7) is 13.4. The Bertz CT molecular complexity index is 1120. The molecule has 248 valence electrons. The molecule has 2 saturated heterocycles. The van der Waals surface area contributed by atoms with Gasteiger partial charge in [0.2, 0.25) is 5.91 Å². The molecule has 7 heteroatoms. The van der Waals surface area contributed by atoms with E-state index in [2.05, 4.69) is 20.8 Å². The van der Waals surface area contributed by atoms with E-state index in [0.29, 0.717) is 60.1 Å². The molecule has 2 spiro atoms. The van der Waals surface area contributed by atoms with E-state index in [9.17, 15) is 14.7 Å².